The number of nitrogens with zero attached hydrogens (tertiary/aromatic N) is 2. The molecular weight excluding hydrogens is 176 g/mol. The lowest BCUT2D eigenvalue weighted by Crippen LogP contribution is -2.53. The van der Waals surface area contributed by atoms with Crippen LogP contribution in [0.3, 0.4) is 0 Å². The highest BCUT2D eigenvalue weighted by Crippen LogP contribution is 2.04. The maximum atomic E-state index is 4.55. The molecule has 4 heteroatoms. The lowest BCUT2D eigenvalue weighted by molar-refractivity contribution is 0.219. The summed E-state index contributed by atoms with van der Waals surface area (Å²) in [5.74, 6) is 1.19. The Morgan fingerprint density at radius 2 is 2.07 bits per heavy atom. The van der Waals surface area contributed by atoms with E-state index in [1.54, 1.807) is 0 Å². The van der Waals surface area contributed by atoms with Crippen LogP contribution < -0.4 is 10.6 Å². The zero-order chi connectivity index (χ0) is 9.80. The fourth-order valence-corrected chi connectivity index (χ4v) is 2.07. The molecule has 4 nitrogen and oxygen atoms in total. The monoisotopic (exact) mass is 196 g/mol. The highest BCUT2D eigenvalue weighted by atomic mass is 15.2. The topological polar surface area (TPSA) is 39.7 Å². The van der Waals surface area contributed by atoms with E-state index in [1.807, 2.05) is 0 Å². The third kappa shape index (κ3) is 2.25. The van der Waals surface area contributed by atoms with Gasteiger partial charge in [-0.05, 0) is 13.3 Å². The first-order chi connectivity index (χ1) is 6.88. The Hall–Kier alpha value is -0.610. The minimum Gasteiger partial charge on any atom is -0.372 e. The summed E-state index contributed by atoms with van der Waals surface area (Å²) >= 11 is 0. The molecule has 2 aliphatic heterocycles. The number of amidine groups is 1. The van der Waals surface area contributed by atoms with Crippen molar-refractivity contribution in [2.45, 2.75) is 19.4 Å². The molecule has 2 N–H and O–H groups in total. The van der Waals surface area contributed by atoms with Crippen molar-refractivity contribution in [3.05, 3.63) is 0 Å². The largest absolute Gasteiger partial charge is 0.372 e. The van der Waals surface area contributed by atoms with Crippen molar-refractivity contribution in [1.29, 1.82) is 0 Å². The first-order valence-electron chi connectivity index (χ1n) is 5.61. The predicted octanol–water partition coefficient (Wildman–Crippen LogP) is -0.328. The second-order valence-electron chi connectivity index (χ2n) is 4.01. The minimum atomic E-state index is 0.470. The van der Waals surface area contributed by atoms with Crippen molar-refractivity contribution in [2.24, 2.45) is 4.99 Å². The highest BCUT2D eigenvalue weighted by Gasteiger charge is 2.21. The van der Waals surface area contributed by atoms with Gasteiger partial charge in [0.15, 0.2) is 0 Å². The van der Waals surface area contributed by atoms with E-state index in [9.17, 15) is 0 Å². The van der Waals surface area contributed by atoms with Crippen LogP contribution in [-0.4, -0.2) is 56.0 Å². The standard InChI is InChI=1S/C10H20N4/c1-9(10-12-3-2-4-13-10)14-7-5-11-6-8-14/h9,11H,2-8H2,1H3,(H,12,13). The SMILES string of the molecule is CC(C1=NCCCN1)N1CCNCC1. The first kappa shape index (κ1) is 9.93. The smallest absolute Gasteiger partial charge is 0.113 e. The Balaban J connectivity index is 1.91. The summed E-state index contributed by atoms with van der Waals surface area (Å²) in [6, 6.07) is 0.470. The quantitative estimate of drug-likeness (QED) is 0.635. The van der Waals surface area contributed by atoms with Crippen LogP contribution in [0, 0.1) is 0 Å². The fraction of sp³-hybridized carbons (Fsp3) is 0.900. The van der Waals surface area contributed by atoms with Crippen LogP contribution in [0.1, 0.15) is 13.3 Å². The van der Waals surface area contributed by atoms with Crippen molar-refractivity contribution >= 4 is 5.84 Å². The van der Waals surface area contributed by atoms with E-state index in [0.717, 1.165) is 39.3 Å². The van der Waals surface area contributed by atoms with Gasteiger partial charge in [0.25, 0.3) is 0 Å². The van der Waals surface area contributed by atoms with E-state index >= 15 is 0 Å². The minimum absolute atomic E-state index is 0.470. The molecule has 2 rings (SSSR count). The second kappa shape index (κ2) is 4.75. The molecule has 0 spiro atoms. The summed E-state index contributed by atoms with van der Waals surface area (Å²) in [5, 5.41) is 6.77. The van der Waals surface area contributed by atoms with E-state index in [1.165, 1.54) is 12.3 Å². The van der Waals surface area contributed by atoms with Crippen molar-refractivity contribution in [1.82, 2.24) is 15.5 Å². The molecule has 80 valence electrons. The van der Waals surface area contributed by atoms with Crippen LogP contribution in [0.4, 0.5) is 0 Å². The molecule has 1 fully saturated rings. The van der Waals surface area contributed by atoms with E-state index in [2.05, 4.69) is 27.4 Å². The van der Waals surface area contributed by atoms with Gasteiger partial charge in [0.1, 0.15) is 5.84 Å². The lowest BCUT2D eigenvalue weighted by Gasteiger charge is -2.34. The highest BCUT2D eigenvalue weighted by molar-refractivity contribution is 5.87. The number of rotatable bonds is 2. The summed E-state index contributed by atoms with van der Waals surface area (Å²) < 4.78 is 0. The van der Waals surface area contributed by atoms with Gasteiger partial charge in [-0.2, -0.15) is 0 Å². The molecule has 0 aromatic heterocycles. The molecule has 2 aliphatic rings. The van der Waals surface area contributed by atoms with Crippen LogP contribution in [0.25, 0.3) is 0 Å². The molecule has 0 aliphatic carbocycles. The number of nitrogens with one attached hydrogen (secondary N) is 2. The Bertz CT molecular complexity index is 208. The molecule has 0 saturated carbocycles. The average Bonchev–Trinajstić information content (AvgIpc) is 2.30. The molecule has 1 atom stereocenters. The van der Waals surface area contributed by atoms with Gasteiger partial charge in [-0.15, -0.1) is 0 Å². The molecule has 0 amide bonds. The second-order valence-corrected chi connectivity index (χ2v) is 4.01. The van der Waals surface area contributed by atoms with E-state index in [-0.39, 0.29) is 0 Å². The van der Waals surface area contributed by atoms with Crippen molar-refractivity contribution in [2.75, 3.05) is 39.3 Å². The predicted molar refractivity (Wildman–Crippen MR) is 58.8 cm³/mol. The van der Waals surface area contributed by atoms with Gasteiger partial charge in [-0.25, -0.2) is 0 Å². The number of aliphatic imine (C=N–C) groups is 1. The molecule has 2 heterocycles. The summed E-state index contributed by atoms with van der Waals surface area (Å²) in [4.78, 5) is 7.04. The summed E-state index contributed by atoms with van der Waals surface area (Å²) in [5.41, 5.74) is 0. The van der Waals surface area contributed by atoms with E-state index < -0.39 is 0 Å². The van der Waals surface area contributed by atoms with Gasteiger partial charge >= 0.3 is 0 Å². The van der Waals surface area contributed by atoms with Gasteiger partial charge in [0, 0.05) is 39.3 Å². The molecule has 1 unspecified atom stereocenters. The van der Waals surface area contributed by atoms with Gasteiger partial charge in [-0.1, -0.05) is 0 Å². The normalized spacial score (nSPS) is 26.5. The van der Waals surface area contributed by atoms with Crippen LogP contribution in [0.2, 0.25) is 0 Å². The van der Waals surface area contributed by atoms with Crippen molar-refractivity contribution in [3.63, 3.8) is 0 Å². The zero-order valence-electron chi connectivity index (χ0n) is 8.92. The van der Waals surface area contributed by atoms with Gasteiger partial charge < -0.3 is 10.6 Å². The molecule has 14 heavy (non-hydrogen) atoms. The molecule has 0 bridgehead atoms. The molecule has 0 aromatic rings. The van der Waals surface area contributed by atoms with Crippen LogP contribution in [-0.2, 0) is 0 Å². The molecule has 1 saturated heterocycles. The number of piperazine rings is 1. The van der Waals surface area contributed by atoms with Crippen LogP contribution >= 0.6 is 0 Å². The molecular formula is C10H20N4. The summed E-state index contributed by atoms with van der Waals surface area (Å²) in [6.07, 6.45) is 1.18. The fourth-order valence-electron chi connectivity index (χ4n) is 2.07. The van der Waals surface area contributed by atoms with Crippen LogP contribution in [0.15, 0.2) is 4.99 Å². The Kier molecular flexibility index (Phi) is 3.37. The number of hydrogen-bond donors (Lipinski definition) is 2. The van der Waals surface area contributed by atoms with Crippen molar-refractivity contribution in [3.8, 4) is 0 Å². The molecule has 0 aromatic carbocycles. The van der Waals surface area contributed by atoms with Gasteiger partial charge in [0.2, 0.25) is 0 Å². The maximum Gasteiger partial charge on any atom is 0.113 e. The third-order valence-corrected chi connectivity index (χ3v) is 3.02. The Labute approximate surface area is 85.8 Å². The maximum absolute atomic E-state index is 4.55. The first-order valence-corrected chi connectivity index (χ1v) is 5.61. The zero-order valence-corrected chi connectivity index (χ0v) is 8.92. The van der Waals surface area contributed by atoms with Gasteiger partial charge in [-0.3, -0.25) is 9.89 Å². The van der Waals surface area contributed by atoms with E-state index in [4.69, 9.17) is 0 Å². The Morgan fingerprint density at radius 1 is 1.29 bits per heavy atom. The summed E-state index contributed by atoms with van der Waals surface area (Å²) in [6.45, 7) is 8.84. The van der Waals surface area contributed by atoms with Crippen LogP contribution in [0.5, 0.6) is 0 Å². The van der Waals surface area contributed by atoms with Gasteiger partial charge in [0.05, 0.1) is 6.04 Å². The number of hydrogen-bond acceptors (Lipinski definition) is 4. The van der Waals surface area contributed by atoms with Crippen molar-refractivity contribution < 1.29 is 0 Å². The Morgan fingerprint density at radius 3 is 2.71 bits per heavy atom. The van der Waals surface area contributed by atoms with E-state index in [0.29, 0.717) is 6.04 Å². The third-order valence-electron chi connectivity index (χ3n) is 3.02. The summed E-state index contributed by atoms with van der Waals surface area (Å²) in [7, 11) is 0. The average molecular weight is 196 g/mol. The molecule has 0 radical (unpaired) electrons. The lowest BCUT2D eigenvalue weighted by atomic mass is 10.2.